The van der Waals surface area contributed by atoms with Crippen LogP contribution in [0.15, 0.2) is 48.5 Å². The van der Waals surface area contributed by atoms with Gasteiger partial charge < -0.3 is 9.47 Å². The Morgan fingerprint density at radius 3 is 1.35 bits per heavy atom. The molecule has 2 unspecified atom stereocenters. The molecule has 0 amide bonds. The lowest BCUT2D eigenvalue weighted by molar-refractivity contribution is -0.0257. The van der Waals surface area contributed by atoms with Gasteiger partial charge in [-0.1, -0.05) is 71.2 Å². The summed E-state index contributed by atoms with van der Waals surface area (Å²) in [5.41, 5.74) is 3.52. The van der Waals surface area contributed by atoms with Gasteiger partial charge in [0, 0.05) is 5.92 Å². The second-order valence-corrected chi connectivity index (χ2v) is 9.75. The summed E-state index contributed by atoms with van der Waals surface area (Å²) in [5.74, 6) is -0.259. The van der Waals surface area contributed by atoms with Crippen LogP contribution in [0.3, 0.4) is 0 Å². The molecule has 186 valence electrons. The predicted molar refractivity (Wildman–Crippen MR) is 138 cm³/mol. The van der Waals surface area contributed by atoms with Gasteiger partial charge in [0.15, 0.2) is 0 Å². The van der Waals surface area contributed by atoms with E-state index >= 15 is 0 Å². The number of rotatable bonds is 13. The summed E-state index contributed by atoms with van der Waals surface area (Å²) in [5, 5.41) is 0. The Balaban J connectivity index is 2.06. The van der Waals surface area contributed by atoms with Crippen molar-refractivity contribution in [3.8, 4) is 0 Å². The first-order valence-electron chi connectivity index (χ1n) is 12.8. The van der Waals surface area contributed by atoms with Crippen LogP contribution in [-0.2, 0) is 22.3 Å². The van der Waals surface area contributed by atoms with Gasteiger partial charge in [-0.05, 0) is 74.4 Å². The molecule has 0 bridgehead atoms. The standard InChI is InChI=1S/C30H42O4/c1-7-9-24-12-16-26(17-13-24)29(31)33-22(5)28(20-11-21(3)4)23(6)34-30(32)27-18-14-25(10-8-2)15-19-27/h12-19,21-23,28H,7-11,20H2,1-6H3. The van der Waals surface area contributed by atoms with Crippen molar-refractivity contribution in [1.82, 2.24) is 0 Å². The molecule has 0 aliphatic heterocycles. The van der Waals surface area contributed by atoms with Gasteiger partial charge in [-0.25, -0.2) is 9.59 Å². The van der Waals surface area contributed by atoms with Crippen LogP contribution >= 0.6 is 0 Å². The fraction of sp³-hybridized carbons (Fsp3) is 0.533. The minimum atomic E-state index is -0.378. The Morgan fingerprint density at radius 2 is 1.03 bits per heavy atom. The van der Waals surface area contributed by atoms with Gasteiger partial charge in [0.25, 0.3) is 0 Å². The maximum absolute atomic E-state index is 12.8. The number of hydrogen-bond acceptors (Lipinski definition) is 4. The Labute approximate surface area is 206 Å². The molecule has 0 N–H and O–H groups in total. The normalized spacial score (nSPS) is 13.9. The minimum Gasteiger partial charge on any atom is -0.459 e. The van der Waals surface area contributed by atoms with E-state index in [2.05, 4.69) is 27.7 Å². The van der Waals surface area contributed by atoms with E-state index in [1.807, 2.05) is 62.4 Å². The molecule has 0 saturated carbocycles. The van der Waals surface area contributed by atoms with Gasteiger partial charge in [0.1, 0.15) is 12.2 Å². The second kappa shape index (κ2) is 13.9. The smallest absolute Gasteiger partial charge is 0.338 e. The molecule has 2 aromatic carbocycles. The number of ether oxygens (including phenoxy) is 2. The van der Waals surface area contributed by atoms with Crippen molar-refractivity contribution in [2.24, 2.45) is 11.8 Å². The number of benzene rings is 2. The topological polar surface area (TPSA) is 52.6 Å². The quantitative estimate of drug-likeness (QED) is 0.288. The van der Waals surface area contributed by atoms with E-state index in [1.165, 1.54) is 11.1 Å². The van der Waals surface area contributed by atoms with Crippen LogP contribution in [0.1, 0.15) is 99.1 Å². The molecule has 0 spiro atoms. The summed E-state index contributed by atoms with van der Waals surface area (Å²) < 4.78 is 11.7. The molecule has 0 radical (unpaired) electrons. The van der Waals surface area contributed by atoms with Gasteiger partial charge >= 0.3 is 11.9 Å². The van der Waals surface area contributed by atoms with Crippen molar-refractivity contribution in [2.75, 3.05) is 0 Å². The first-order valence-corrected chi connectivity index (χ1v) is 12.8. The summed E-state index contributed by atoms with van der Waals surface area (Å²) in [6.07, 6.45) is 5.14. The monoisotopic (exact) mass is 466 g/mol. The zero-order valence-electron chi connectivity index (χ0n) is 21.8. The van der Waals surface area contributed by atoms with Gasteiger partial charge in [-0.3, -0.25) is 0 Å². The molecule has 2 rings (SSSR count). The van der Waals surface area contributed by atoms with Crippen LogP contribution in [0.2, 0.25) is 0 Å². The number of hydrogen-bond donors (Lipinski definition) is 0. The zero-order valence-corrected chi connectivity index (χ0v) is 21.8. The van der Waals surface area contributed by atoms with Gasteiger partial charge in [-0.15, -0.1) is 0 Å². The summed E-state index contributed by atoms with van der Waals surface area (Å²) >= 11 is 0. The van der Waals surface area contributed by atoms with E-state index < -0.39 is 0 Å². The van der Waals surface area contributed by atoms with E-state index in [-0.39, 0.29) is 30.1 Å². The molecule has 4 heteroatoms. The fourth-order valence-corrected chi connectivity index (χ4v) is 4.22. The average molecular weight is 467 g/mol. The number of aryl methyl sites for hydroxylation is 2. The lowest BCUT2D eigenvalue weighted by Crippen LogP contribution is -2.35. The minimum absolute atomic E-state index is 0.0889. The highest BCUT2D eigenvalue weighted by Crippen LogP contribution is 2.25. The number of esters is 2. The zero-order chi connectivity index (χ0) is 25.1. The van der Waals surface area contributed by atoms with Crippen molar-refractivity contribution in [1.29, 1.82) is 0 Å². The second-order valence-electron chi connectivity index (χ2n) is 9.75. The third kappa shape index (κ3) is 8.62. The van der Waals surface area contributed by atoms with Crippen molar-refractivity contribution in [3.05, 3.63) is 70.8 Å². The van der Waals surface area contributed by atoms with Crippen molar-refractivity contribution < 1.29 is 19.1 Å². The van der Waals surface area contributed by atoms with E-state index in [4.69, 9.17) is 9.47 Å². The van der Waals surface area contributed by atoms with E-state index in [1.54, 1.807) is 0 Å². The number of carbonyl (C=O) groups excluding carboxylic acids is 2. The molecule has 0 aliphatic rings. The highest BCUT2D eigenvalue weighted by atomic mass is 16.6. The summed E-state index contributed by atoms with van der Waals surface area (Å²) in [4.78, 5) is 25.6. The molecule has 2 aromatic rings. The lowest BCUT2D eigenvalue weighted by Gasteiger charge is -2.30. The van der Waals surface area contributed by atoms with Crippen molar-refractivity contribution in [2.45, 2.75) is 92.3 Å². The molecule has 0 fully saturated rings. The van der Waals surface area contributed by atoms with E-state index in [0.717, 1.165) is 38.5 Å². The van der Waals surface area contributed by atoms with Gasteiger partial charge in [0.05, 0.1) is 11.1 Å². The third-order valence-corrected chi connectivity index (χ3v) is 6.33. The number of carbonyl (C=O) groups is 2. The van der Waals surface area contributed by atoms with Crippen LogP contribution in [-0.4, -0.2) is 24.1 Å². The highest BCUT2D eigenvalue weighted by Gasteiger charge is 2.30. The van der Waals surface area contributed by atoms with E-state index in [9.17, 15) is 9.59 Å². The highest BCUT2D eigenvalue weighted by molar-refractivity contribution is 5.90. The van der Waals surface area contributed by atoms with E-state index in [0.29, 0.717) is 17.0 Å². The largest absolute Gasteiger partial charge is 0.459 e. The molecule has 4 nitrogen and oxygen atoms in total. The third-order valence-electron chi connectivity index (χ3n) is 6.33. The molecule has 34 heavy (non-hydrogen) atoms. The first kappa shape index (κ1) is 27.6. The summed E-state index contributed by atoms with van der Waals surface area (Å²) in [6, 6.07) is 15.2. The SMILES string of the molecule is CCCc1ccc(C(=O)OC(C)C(CCC(C)C)C(C)OC(=O)c2ccc(CCC)cc2)cc1. The predicted octanol–water partition coefficient (Wildman–Crippen LogP) is 7.43. The maximum Gasteiger partial charge on any atom is 0.338 e. The Morgan fingerprint density at radius 1 is 0.647 bits per heavy atom. The van der Waals surface area contributed by atoms with Crippen molar-refractivity contribution >= 4 is 11.9 Å². The van der Waals surface area contributed by atoms with Crippen LogP contribution in [0.4, 0.5) is 0 Å². The molecule has 0 heterocycles. The Hall–Kier alpha value is -2.62. The molecule has 0 aliphatic carbocycles. The lowest BCUT2D eigenvalue weighted by atomic mass is 9.89. The van der Waals surface area contributed by atoms with Crippen LogP contribution in [0.5, 0.6) is 0 Å². The first-order chi connectivity index (χ1) is 16.2. The molecule has 0 aromatic heterocycles. The van der Waals surface area contributed by atoms with Crippen LogP contribution < -0.4 is 0 Å². The molecule has 0 saturated heterocycles. The summed E-state index contributed by atoms with van der Waals surface area (Å²) in [6.45, 7) is 12.4. The Kier molecular flexibility index (Phi) is 11.3. The summed E-state index contributed by atoms with van der Waals surface area (Å²) in [7, 11) is 0. The van der Waals surface area contributed by atoms with Gasteiger partial charge in [-0.2, -0.15) is 0 Å². The average Bonchev–Trinajstić information content (AvgIpc) is 2.80. The van der Waals surface area contributed by atoms with Crippen LogP contribution in [0.25, 0.3) is 0 Å². The molecular formula is C30H42O4. The molecule has 2 atom stereocenters. The maximum atomic E-state index is 12.8. The van der Waals surface area contributed by atoms with Crippen LogP contribution in [0, 0.1) is 11.8 Å². The molecular weight excluding hydrogens is 424 g/mol. The Bertz CT molecular complexity index is 814. The van der Waals surface area contributed by atoms with Crippen molar-refractivity contribution in [3.63, 3.8) is 0 Å². The van der Waals surface area contributed by atoms with Gasteiger partial charge in [0.2, 0.25) is 0 Å². The fourth-order valence-electron chi connectivity index (χ4n) is 4.22.